The lowest BCUT2D eigenvalue weighted by atomic mass is 10.00. The number of carbonyl (C=O) groups excluding carboxylic acids is 1. The molecule has 8 heteroatoms. The molecule has 7 nitrogen and oxygen atoms in total. The number of thioether (sulfide) groups is 1. The summed E-state index contributed by atoms with van der Waals surface area (Å²) in [6, 6.07) is 20.9. The van der Waals surface area contributed by atoms with Crippen molar-refractivity contribution in [3.8, 4) is 5.75 Å². The Morgan fingerprint density at radius 1 is 1.00 bits per heavy atom. The van der Waals surface area contributed by atoms with Gasteiger partial charge in [0.25, 0.3) is 11.6 Å². The number of rotatable bonds is 6. The van der Waals surface area contributed by atoms with Gasteiger partial charge in [-0.05, 0) is 66.4 Å². The zero-order valence-corrected chi connectivity index (χ0v) is 18.2. The number of hydrazone groups is 1. The van der Waals surface area contributed by atoms with Gasteiger partial charge in [-0.15, -0.1) is 11.8 Å². The Bertz CT molecular complexity index is 1220. The van der Waals surface area contributed by atoms with Gasteiger partial charge in [-0.1, -0.05) is 12.1 Å². The minimum absolute atomic E-state index is 0.0515. The fraction of sp³-hybridized carbons (Fsp3) is 0.0833. The Morgan fingerprint density at radius 2 is 1.66 bits per heavy atom. The third-order valence-corrected chi connectivity index (χ3v) is 5.72. The molecule has 0 saturated carbocycles. The maximum Gasteiger partial charge on any atom is 0.281 e. The van der Waals surface area contributed by atoms with E-state index >= 15 is 0 Å². The highest BCUT2D eigenvalue weighted by Crippen LogP contribution is 2.30. The molecule has 0 fully saturated rings. The van der Waals surface area contributed by atoms with E-state index in [2.05, 4.69) is 5.10 Å². The summed E-state index contributed by atoms with van der Waals surface area (Å²) >= 11 is 1.64. The summed E-state index contributed by atoms with van der Waals surface area (Å²) in [5.41, 5.74) is 2.99. The molecule has 3 aromatic carbocycles. The third-order valence-electron chi connectivity index (χ3n) is 4.97. The number of nitro groups is 1. The van der Waals surface area contributed by atoms with Crippen molar-refractivity contribution >= 4 is 40.8 Å². The van der Waals surface area contributed by atoms with Crippen molar-refractivity contribution in [3.05, 3.63) is 99.6 Å². The van der Waals surface area contributed by atoms with Gasteiger partial charge < -0.3 is 4.74 Å². The predicted molar refractivity (Wildman–Crippen MR) is 126 cm³/mol. The SMILES string of the molecule is COc1ccc(C2=NN(c3ccc([N+](=O)[O-])cc3)C(=O)/C2=C\c2ccc(SC)cc2)cc1. The Morgan fingerprint density at radius 3 is 2.22 bits per heavy atom. The molecule has 0 spiro atoms. The molecule has 1 heterocycles. The van der Waals surface area contributed by atoms with Gasteiger partial charge in [0.1, 0.15) is 11.5 Å². The molecule has 0 unspecified atom stereocenters. The van der Waals surface area contributed by atoms with Gasteiger partial charge in [-0.2, -0.15) is 10.1 Å². The molecule has 32 heavy (non-hydrogen) atoms. The van der Waals surface area contributed by atoms with Gasteiger partial charge in [0.05, 0.1) is 23.3 Å². The predicted octanol–water partition coefficient (Wildman–Crippen LogP) is 5.16. The van der Waals surface area contributed by atoms with Crippen molar-refractivity contribution in [1.82, 2.24) is 0 Å². The first-order valence-corrected chi connectivity index (χ1v) is 10.9. The number of hydrogen-bond donors (Lipinski definition) is 0. The second kappa shape index (κ2) is 9.07. The average Bonchev–Trinajstić information content (AvgIpc) is 3.15. The maximum absolute atomic E-state index is 13.3. The summed E-state index contributed by atoms with van der Waals surface area (Å²) in [5, 5.41) is 16.8. The molecule has 0 radical (unpaired) electrons. The fourth-order valence-corrected chi connectivity index (χ4v) is 3.67. The van der Waals surface area contributed by atoms with Crippen LogP contribution >= 0.6 is 11.8 Å². The van der Waals surface area contributed by atoms with Crippen molar-refractivity contribution in [1.29, 1.82) is 0 Å². The number of methoxy groups -OCH3 is 1. The molecule has 160 valence electrons. The summed E-state index contributed by atoms with van der Waals surface area (Å²) in [4.78, 5) is 24.9. The van der Waals surface area contributed by atoms with Crippen LogP contribution in [0, 0.1) is 10.1 Å². The van der Waals surface area contributed by atoms with Crippen LogP contribution in [0.4, 0.5) is 11.4 Å². The van der Waals surface area contributed by atoms with Crippen molar-refractivity contribution in [2.45, 2.75) is 4.90 Å². The van der Waals surface area contributed by atoms with E-state index in [9.17, 15) is 14.9 Å². The molecule has 0 aromatic heterocycles. The summed E-state index contributed by atoms with van der Waals surface area (Å²) in [5.74, 6) is 0.391. The summed E-state index contributed by atoms with van der Waals surface area (Å²) in [6.45, 7) is 0. The topological polar surface area (TPSA) is 85.0 Å². The van der Waals surface area contributed by atoms with E-state index in [0.29, 0.717) is 22.7 Å². The number of ether oxygens (including phenoxy) is 1. The number of hydrogen-bond acceptors (Lipinski definition) is 6. The minimum atomic E-state index is -0.481. The molecular formula is C24H19N3O4S. The molecule has 4 rings (SSSR count). The molecule has 1 amide bonds. The Kier molecular flexibility index (Phi) is 6.04. The van der Waals surface area contributed by atoms with E-state index < -0.39 is 4.92 Å². The molecule has 0 saturated heterocycles. The number of benzene rings is 3. The smallest absolute Gasteiger partial charge is 0.281 e. The van der Waals surface area contributed by atoms with E-state index in [1.165, 1.54) is 29.3 Å². The second-order valence-electron chi connectivity index (χ2n) is 6.90. The summed E-state index contributed by atoms with van der Waals surface area (Å²) in [6.07, 6.45) is 3.81. The lowest BCUT2D eigenvalue weighted by molar-refractivity contribution is -0.384. The van der Waals surface area contributed by atoms with Crippen molar-refractivity contribution in [2.24, 2.45) is 5.10 Å². The van der Waals surface area contributed by atoms with Crippen molar-refractivity contribution in [2.75, 3.05) is 18.4 Å². The van der Waals surface area contributed by atoms with Crippen LogP contribution in [0.5, 0.6) is 5.75 Å². The number of amides is 1. The van der Waals surface area contributed by atoms with E-state index in [-0.39, 0.29) is 11.6 Å². The van der Waals surface area contributed by atoms with Crippen LogP contribution in [0.15, 0.2) is 88.4 Å². The largest absolute Gasteiger partial charge is 0.497 e. The van der Waals surface area contributed by atoms with Gasteiger partial charge in [-0.25, -0.2) is 0 Å². The van der Waals surface area contributed by atoms with Gasteiger partial charge in [-0.3, -0.25) is 14.9 Å². The summed E-state index contributed by atoms with van der Waals surface area (Å²) < 4.78 is 5.23. The first-order chi connectivity index (χ1) is 15.5. The first-order valence-electron chi connectivity index (χ1n) is 9.68. The van der Waals surface area contributed by atoms with Crippen molar-refractivity contribution < 1.29 is 14.5 Å². The molecule has 1 aliphatic heterocycles. The van der Waals surface area contributed by atoms with Gasteiger partial charge in [0.2, 0.25) is 0 Å². The molecule has 3 aromatic rings. The highest BCUT2D eigenvalue weighted by atomic mass is 32.2. The number of nitrogens with zero attached hydrogens (tertiary/aromatic N) is 3. The minimum Gasteiger partial charge on any atom is -0.497 e. The summed E-state index contributed by atoms with van der Waals surface area (Å²) in [7, 11) is 1.59. The Balaban J connectivity index is 1.77. The Labute approximate surface area is 189 Å². The quantitative estimate of drug-likeness (QED) is 0.226. The van der Waals surface area contributed by atoms with Crippen LogP contribution in [-0.2, 0) is 4.79 Å². The molecule has 1 aliphatic rings. The molecular weight excluding hydrogens is 426 g/mol. The van der Waals surface area contributed by atoms with Crippen LogP contribution in [-0.4, -0.2) is 29.9 Å². The lowest BCUT2D eigenvalue weighted by Gasteiger charge is -2.11. The number of non-ortho nitro benzene ring substituents is 1. The number of carbonyl (C=O) groups is 1. The zero-order valence-electron chi connectivity index (χ0n) is 17.4. The molecule has 0 bridgehead atoms. The van der Waals surface area contributed by atoms with E-state index in [1.54, 1.807) is 24.9 Å². The van der Waals surface area contributed by atoms with Gasteiger partial charge >= 0.3 is 0 Å². The monoisotopic (exact) mass is 445 g/mol. The van der Waals surface area contributed by atoms with Crippen LogP contribution in [0.3, 0.4) is 0 Å². The molecule has 0 atom stereocenters. The maximum atomic E-state index is 13.3. The molecule has 0 aliphatic carbocycles. The Hall–Kier alpha value is -3.91. The van der Waals surface area contributed by atoms with E-state index in [1.807, 2.05) is 54.8 Å². The second-order valence-corrected chi connectivity index (χ2v) is 7.78. The number of nitro benzene ring substituents is 1. The number of anilines is 1. The highest BCUT2D eigenvalue weighted by molar-refractivity contribution is 7.98. The standard InChI is InChI=1S/C24H19N3O4S/c1-31-20-11-5-17(6-12-20)23-22(15-16-3-13-21(32-2)14-4-16)24(28)26(25-23)18-7-9-19(10-8-18)27(29)30/h3-15H,1-2H3/b22-15-. The third kappa shape index (κ3) is 4.26. The van der Waals surface area contributed by atoms with Crippen LogP contribution in [0.25, 0.3) is 6.08 Å². The van der Waals surface area contributed by atoms with Gasteiger partial charge in [0, 0.05) is 22.6 Å². The zero-order chi connectivity index (χ0) is 22.7. The first kappa shape index (κ1) is 21.3. The van der Waals surface area contributed by atoms with Crippen LogP contribution < -0.4 is 9.75 Å². The lowest BCUT2D eigenvalue weighted by Crippen LogP contribution is -2.21. The highest BCUT2D eigenvalue weighted by Gasteiger charge is 2.32. The van der Waals surface area contributed by atoms with E-state index in [0.717, 1.165) is 16.0 Å². The fourth-order valence-electron chi connectivity index (χ4n) is 3.26. The normalized spacial score (nSPS) is 14.6. The van der Waals surface area contributed by atoms with Gasteiger partial charge in [0.15, 0.2) is 0 Å². The van der Waals surface area contributed by atoms with E-state index in [4.69, 9.17) is 4.74 Å². The van der Waals surface area contributed by atoms with Crippen molar-refractivity contribution in [3.63, 3.8) is 0 Å². The van der Waals surface area contributed by atoms with Crippen LogP contribution in [0.2, 0.25) is 0 Å². The molecule has 0 N–H and O–H groups in total. The average molecular weight is 446 g/mol. The van der Waals surface area contributed by atoms with Crippen LogP contribution in [0.1, 0.15) is 11.1 Å².